The van der Waals surface area contributed by atoms with Gasteiger partial charge in [0.1, 0.15) is 0 Å². The van der Waals surface area contributed by atoms with Gasteiger partial charge >= 0.3 is 0 Å². The predicted molar refractivity (Wildman–Crippen MR) is 144 cm³/mol. The molecule has 0 aliphatic carbocycles. The van der Waals surface area contributed by atoms with Crippen LogP contribution in [0.2, 0.25) is 0 Å². The SMILES string of the molecule is CC(C)(C)c1ccc2c(c1C(C)(C)C)c1c(-c3ccccc3)cccc1n2-c1ccccc1. The topological polar surface area (TPSA) is 4.93 Å². The average Bonchev–Trinajstić information content (AvgIpc) is 3.13. The second-order valence-corrected chi connectivity index (χ2v) is 11.1. The molecule has 0 radical (unpaired) electrons. The van der Waals surface area contributed by atoms with Crippen LogP contribution in [0.3, 0.4) is 0 Å². The number of hydrogen-bond donors (Lipinski definition) is 0. The number of hydrogen-bond acceptors (Lipinski definition) is 0. The molecular weight excluding hydrogens is 398 g/mol. The Labute approximate surface area is 197 Å². The van der Waals surface area contributed by atoms with E-state index < -0.39 is 0 Å². The summed E-state index contributed by atoms with van der Waals surface area (Å²) in [4.78, 5) is 0. The van der Waals surface area contributed by atoms with Gasteiger partial charge in [-0.15, -0.1) is 0 Å². The van der Waals surface area contributed by atoms with Gasteiger partial charge in [0.2, 0.25) is 0 Å². The third-order valence-electron chi connectivity index (χ3n) is 6.61. The first-order valence-electron chi connectivity index (χ1n) is 11.9. The van der Waals surface area contributed by atoms with Crippen molar-refractivity contribution in [3.8, 4) is 16.8 Å². The number of fused-ring (bicyclic) bond motifs is 3. The lowest BCUT2D eigenvalue weighted by Gasteiger charge is -2.31. The van der Waals surface area contributed by atoms with E-state index in [0.717, 1.165) is 0 Å². The van der Waals surface area contributed by atoms with Crippen LogP contribution < -0.4 is 0 Å². The first-order valence-corrected chi connectivity index (χ1v) is 11.9. The van der Waals surface area contributed by atoms with E-state index in [9.17, 15) is 0 Å². The molecule has 1 heterocycles. The molecule has 5 aromatic rings. The van der Waals surface area contributed by atoms with E-state index in [1.54, 1.807) is 0 Å². The largest absolute Gasteiger partial charge is 0.309 e. The number of benzene rings is 4. The van der Waals surface area contributed by atoms with Gasteiger partial charge in [0.15, 0.2) is 0 Å². The van der Waals surface area contributed by atoms with Crippen LogP contribution in [0.1, 0.15) is 52.7 Å². The molecule has 0 N–H and O–H groups in total. The predicted octanol–water partition coefficient (Wildman–Crippen LogP) is 9.05. The molecule has 0 spiro atoms. The summed E-state index contributed by atoms with van der Waals surface area (Å²) in [6.45, 7) is 14.1. The summed E-state index contributed by atoms with van der Waals surface area (Å²) in [6.07, 6.45) is 0. The molecular formula is C32H33N. The van der Waals surface area contributed by atoms with Gasteiger partial charge in [-0.1, -0.05) is 108 Å². The molecule has 0 aliphatic heterocycles. The Hall–Kier alpha value is -3.32. The van der Waals surface area contributed by atoms with Crippen molar-refractivity contribution in [1.29, 1.82) is 0 Å². The molecule has 0 bridgehead atoms. The fraction of sp³-hybridized carbons (Fsp3) is 0.250. The first kappa shape index (κ1) is 21.5. The lowest BCUT2D eigenvalue weighted by atomic mass is 9.73. The quantitative estimate of drug-likeness (QED) is 0.263. The number of aromatic nitrogens is 1. The monoisotopic (exact) mass is 431 g/mol. The van der Waals surface area contributed by atoms with Crippen molar-refractivity contribution in [3.05, 3.63) is 102 Å². The highest BCUT2D eigenvalue weighted by Crippen LogP contribution is 2.46. The number of para-hydroxylation sites is 1. The van der Waals surface area contributed by atoms with Gasteiger partial charge in [-0.05, 0) is 57.3 Å². The molecule has 5 rings (SSSR count). The summed E-state index contributed by atoms with van der Waals surface area (Å²) >= 11 is 0. The lowest BCUT2D eigenvalue weighted by molar-refractivity contribution is 0.535. The van der Waals surface area contributed by atoms with Gasteiger partial charge < -0.3 is 4.57 Å². The summed E-state index contributed by atoms with van der Waals surface area (Å²) in [5, 5.41) is 2.73. The van der Waals surface area contributed by atoms with Crippen LogP contribution in [-0.2, 0) is 10.8 Å². The van der Waals surface area contributed by atoms with Crippen LogP contribution in [0.25, 0.3) is 38.6 Å². The molecule has 1 aromatic heterocycles. The molecule has 0 fully saturated rings. The number of nitrogens with zero attached hydrogens (tertiary/aromatic N) is 1. The molecule has 0 amide bonds. The molecule has 1 heteroatoms. The highest BCUT2D eigenvalue weighted by Gasteiger charge is 2.30. The lowest BCUT2D eigenvalue weighted by Crippen LogP contribution is -2.22. The van der Waals surface area contributed by atoms with Crippen LogP contribution in [-0.4, -0.2) is 4.57 Å². The van der Waals surface area contributed by atoms with Crippen molar-refractivity contribution in [2.75, 3.05) is 0 Å². The zero-order chi connectivity index (χ0) is 23.4. The van der Waals surface area contributed by atoms with E-state index in [1.165, 1.54) is 49.7 Å². The molecule has 0 aliphatic rings. The highest BCUT2D eigenvalue weighted by molar-refractivity contribution is 6.17. The van der Waals surface area contributed by atoms with Gasteiger partial charge in [0.05, 0.1) is 11.0 Å². The fourth-order valence-electron chi connectivity index (χ4n) is 5.27. The molecule has 0 saturated carbocycles. The Kier molecular flexibility index (Phi) is 4.97. The first-order chi connectivity index (χ1) is 15.7. The van der Waals surface area contributed by atoms with E-state index >= 15 is 0 Å². The molecule has 166 valence electrons. The standard InChI is InChI=1S/C32H33N/c1-31(2,3)25-20-21-27-29(30(25)32(4,5)6)28-24(22-14-9-7-10-15-22)18-13-19-26(28)33(27)23-16-11-8-12-17-23/h7-21H,1-6H3. The van der Waals surface area contributed by atoms with E-state index in [0.29, 0.717) is 0 Å². The highest BCUT2D eigenvalue weighted by atomic mass is 15.0. The van der Waals surface area contributed by atoms with E-state index in [2.05, 4.69) is 137 Å². The molecule has 0 unspecified atom stereocenters. The van der Waals surface area contributed by atoms with Gasteiger partial charge in [0, 0.05) is 16.5 Å². The van der Waals surface area contributed by atoms with Crippen LogP contribution in [0.15, 0.2) is 91.0 Å². The number of rotatable bonds is 2. The Morgan fingerprint density at radius 2 is 1.12 bits per heavy atom. The summed E-state index contributed by atoms with van der Waals surface area (Å²) in [5.74, 6) is 0. The Morgan fingerprint density at radius 3 is 1.73 bits per heavy atom. The maximum absolute atomic E-state index is 2.44. The van der Waals surface area contributed by atoms with Crippen LogP contribution in [0.5, 0.6) is 0 Å². The fourth-order valence-corrected chi connectivity index (χ4v) is 5.27. The summed E-state index contributed by atoms with van der Waals surface area (Å²) in [7, 11) is 0. The van der Waals surface area contributed by atoms with Gasteiger partial charge in [-0.3, -0.25) is 0 Å². The third-order valence-corrected chi connectivity index (χ3v) is 6.61. The molecule has 33 heavy (non-hydrogen) atoms. The van der Waals surface area contributed by atoms with Crippen molar-refractivity contribution >= 4 is 21.8 Å². The zero-order valence-electron chi connectivity index (χ0n) is 20.6. The van der Waals surface area contributed by atoms with Crippen molar-refractivity contribution in [2.45, 2.75) is 52.4 Å². The Morgan fingerprint density at radius 1 is 0.515 bits per heavy atom. The minimum atomic E-state index is 0.00171. The van der Waals surface area contributed by atoms with E-state index in [-0.39, 0.29) is 10.8 Å². The summed E-state index contributed by atoms with van der Waals surface area (Å²) in [5.41, 5.74) is 9.23. The van der Waals surface area contributed by atoms with Gasteiger partial charge in [-0.2, -0.15) is 0 Å². The second kappa shape index (κ2) is 7.63. The van der Waals surface area contributed by atoms with Crippen LogP contribution in [0.4, 0.5) is 0 Å². The maximum Gasteiger partial charge on any atom is 0.0547 e. The van der Waals surface area contributed by atoms with Crippen LogP contribution in [0, 0.1) is 0 Å². The Balaban J connectivity index is 2.07. The van der Waals surface area contributed by atoms with Crippen molar-refractivity contribution < 1.29 is 0 Å². The van der Waals surface area contributed by atoms with Gasteiger partial charge in [-0.25, -0.2) is 0 Å². The molecule has 0 saturated heterocycles. The molecule has 0 atom stereocenters. The summed E-state index contributed by atoms with van der Waals surface area (Å²) in [6, 6.07) is 33.0. The molecule has 1 nitrogen and oxygen atoms in total. The maximum atomic E-state index is 2.44. The van der Waals surface area contributed by atoms with Gasteiger partial charge in [0.25, 0.3) is 0 Å². The average molecular weight is 432 g/mol. The zero-order valence-corrected chi connectivity index (χ0v) is 20.6. The normalized spacial score (nSPS) is 12.5. The van der Waals surface area contributed by atoms with E-state index in [1.807, 2.05) is 0 Å². The van der Waals surface area contributed by atoms with E-state index in [4.69, 9.17) is 0 Å². The minimum Gasteiger partial charge on any atom is -0.309 e. The van der Waals surface area contributed by atoms with Crippen LogP contribution >= 0.6 is 0 Å². The smallest absolute Gasteiger partial charge is 0.0547 e. The Bertz CT molecular complexity index is 1440. The minimum absolute atomic E-state index is 0.00171. The van der Waals surface area contributed by atoms with Crippen molar-refractivity contribution in [2.24, 2.45) is 0 Å². The molecule has 4 aromatic carbocycles. The summed E-state index contributed by atoms with van der Waals surface area (Å²) < 4.78 is 2.44. The van der Waals surface area contributed by atoms with Crippen molar-refractivity contribution in [3.63, 3.8) is 0 Å². The second-order valence-electron chi connectivity index (χ2n) is 11.1. The third kappa shape index (κ3) is 3.56. The van der Waals surface area contributed by atoms with Crippen molar-refractivity contribution in [1.82, 2.24) is 4.57 Å².